The van der Waals surface area contributed by atoms with Gasteiger partial charge in [0.15, 0.2) is 0 Å². The number of morpholine rings is 1. The van der Waals surface area contributed by atoms with Crippen molar-refractivity contribution in [2.75, 3.05) is 57.4 Å². The predicted octanol–water partition coefficient (Wildman–Crippen LogP) is 1.33. The molecule has 2 aliphatic heterocycles. The number of pyridine rings is 1. The van der Waals surface area contributed by atoms with E-state index in [9.17, 15) is 4.79 Å². The zero-order valence-electron chi connectivity index (χ0n) is 14.7. The van der Waals surface area contributed by atoms with E-state index in [1.807, 2.05) is 28.5 Å². The Morgan fingerprint density at radius 2 is 1.92 bits per heavy atom. The molecule has 2 aliphatic rings. The molecule has 7 nitrogen and oxygen atoms in total. The summed E-state index contributed by atoms with van der Waals surface area (Å²) in [5, 5.41) is 2.89. The molecular formula is C18H23N5O2S. The van der Waals surface area contributed by atoms with E-state index in [0.717, 1.165) is 56.8 Å². The Morgan fingerprint density at radius 1 is 1.12 bits per heavy atom. The summed E-state index contributed by atoms with van der Waals surface area (Å²) in [6.45, 7) is 7.21. The molecule has 26 heavy (non-hydrogen) atoms. The maximum Gasteiger partial charge on any atom is 0.273 e. The van der Waals surface area contributed by atoms with Crippen LogP contribution in [0.2, 0.25) is 0 Å². The zero-order chi connectivity index (χ0) is 17.8. The van der Waals surface area contributed by atoms with Crippen molar-refractivity contribution in [3.63, 3.8) is 0 Å². The van der Waals surface area contributed by atoms with Crippen LogP contribution in [0.1, 0.15) is 15.5 Å². The van der Waals surface area contributed by atoms with Crippen LogP contribution in [0.15, 0.2) is 29.8 Å². The van der Waals surface area contributed by atoms with Gasteiger partial charge in [0.05, 0.1) is 19.8 Å². The summed E-state index contributed by atoms with van der Waals surface area (Å²) >= 11 is 1.57. The van der Waals surface area contributed by atoms with E-state index in [2.05, 4.69) is 19.8 Å². The molecule has 2 fully saturated rings. The van der Waals surface area contributed by atoms with Crippen LogP contribution in [0.4, 0.5) is 5.82 Å². The third-order valence-electron chi connectivity index (χ3n) is 4.77. The molecule has 0 saturated carbocycles. The number of aromatic nitrogens is 2. The molecule has 0 N–H and O–H groups in total. The third-order valence-corrected chi connectivity index (χ3v) is 5.61. The molecule has 4 heterocycles. The quantitative estimate of drug-likeness (QED) is 0.806. The predicted molar refractivity (Wildman–Crippen MR) is 101 cm³/mol. The second-order valence-electron chi connectivity index (χ2n) is 6.48. The molecule has 2 aromatic heterocycles. The Morgan fingerprint density at radius 3 is 2.65 bits per heavy atom. The zero-order valence-corrected chi connectivity index (χ0v) is 15.5. The first-order chi connectivity index (χ1) is 12.8. The Bertz CT molecular complexity index is 724. The van der Waals surface area contributed by atoms with Gasteiger partial charge < -0.3 is 14.5 Å². The van der Waals surface area contributed by atoms with Crippen molar-refractivity contribution in [2.24, 2.45) is 0 Å². The van der Waals surface area contributed by atoms with E-state index in [1.165, 1.54) is 0 Å². The number of amides is 1. The SMILES string of the molecule is O=C(c1csc(CN2CCOCC2)n1)N1CCN(c2ccccn2)CC1. The second-order valence-corrected chi connectivity index (χ2v) is 7.42. The number of hydrogen-bond acceptors (Lipinski definition) is 7. The molecular weight excluding hydrogens is 350 g/mol. The summed E-state index contributed by atoms with van der Waals surface area (Å²) in [5.74, 6) is 1.01. The molecule has 8 heteroatoms. The number of hydrogen-bond donors (Lipinski definition) is 0. The summed E-state index contributed by atoms with van der Waals surface area (Å²) in [6.07, 6.45) is 1.80. The molecule has 1 amide bonds. The fraction of sp³-hybridized carbons (Fsp3) is 0.500. The van der Waals surface area contributed by atoms with Crippen LogP contribution >= 0.6 is 11.3 Å². The largest absolute Gasteiger partial charge is 0.379 e. The molecule has 138 valence electrons. The van der Waals surface area contributed by atoms with Crippen LogP contribution < -0.4 is 4.90 Å². The number of carbonyl (C=O) groups is 1. The van der Waals surface area contributed by atoms with Crippen molar-refractivity contribution in [3.05, 3.63) is 40.5 Å². The van der Waals surface area contributed by atoms with Crippen LogP contribution in [0, 0.1) is 0 Å². The fourth-order valence-corrected chi connectivity index (χ4v) is 4.08. The summed E-state index contributed by atoms with van der Waals surface area (Å²) in [7, 11) is 0. The van der Waals surface area contributed by atoms with Gasteiger partial charge in [-0.25, -0.2) is 9.97 Å². The van der Waals surface area contributed by atoms with E-state index in [0.29, 0.717) is 18.8 Å². The lowest BCUT2D eigenvalue weighted by Crippen LogP contribution is -2.49. The Hall–Kier alpha value is -2.03. The van der Waals surface area contributed by atoms with Gasteiger partial charge in [-0.1, -0.05) is 6.07 Å². The highest BCUT2D eigenvalue weighted by atomic mass is 32.1. The highest BCUT2D eigenvalue weighted by Crippen LogP contribution is 2.17. The maximum atomic E-state index is 12.8. The summed E-state index contributed by atoms with van der Waals surface area (Å²) in [4.78, 5) is 28.1. The highest BCUT2D eigenvalue weighted by molar-refractivity contribution is 7.09. The van der Waals surface area contributed by atoms with Crippen molar-refractivity contribution in [3.8, 4) is 0 Å². The molecule has 0 atom stereocenters. The third kappa shape index (κ3) is 4.03. The number of rotatable bonds is 4. The number of ether oxygens (including phenoxy) is 1. The number of carbonyl (C=O) groups excluding carboxylic acids is 1. The first kappa shape index (κ1) is 17.4. The van der Waals surface area contributed by atoms with Crippen molar-refractivity contribution in [1.82, 2.24) is 19.8 Å². The van der Waals surface area contributed by atoms with Crippen molar-refractivity contribution in [2.45, 2.75) is 6.54 Å². The first-order valence-electron chi connectivity index (χ1n) is 8.99. The molecule has 4 rings (SSSR count). The van der Waals surface area contributed by atoms with Crippen LogP contribution in [0.5, 0.6) is 0 Å². The van der Waals surface area contributed by atoms with E-state index in [-0.39, 0.29) is 5.91 Å². The minimum Gasteiger partial charge on any atom is -0.379 e. The van der Waals surface area contributed by atoms with E-state index < -0.39 is 0 Å². The average Bonchev–Trinajstić information content (AvgIpc) is 3.17. The summed E-state index contributed by atoms with van der Waals surface area (Å²) < 4.78 is 5.37. The topological polar surface area (TPSA) is 61.8 Å². The van der Waals surface area contributed by atoms with Crippen molar-refractivity contribution >= 4 is 23.1 Å². The summed E-state index contributed by atoms with van der Waals surface area (Å²) in [5.41, 5.74) is 0.574. The van der Waals surface area contributed by atoms with E-state index in [4.69, 9.17) is 4.74 Å². The van der Waals surface area contributed by atoms with Gasteiger partial charge in [-0.15, -0.1) is 11.3 Å². The number of nitrogens with zero attached hydrogens (tertiary/aromatic N) is 5. The van der Waals surface area contributed by atoms with Gasteiger partial charge in [-0.05, 0) is 12.1 Å². The Balaban J connectivity index is 1.32. The van der Waals surface area contributed by atoms with Crippen LogP contribution in [0.3, 0.4) is 0 Å². The number of anilines is 1. The highest BCUT2D eigenvalue weighted by Gasteiger charge is 2.24. The van der Waals surface area contributed by atoms with Gasteiger partial charge >= 0.3 is 0 Å². The molecule has 0 unspecified atom stereocenters. The van der Waals surface area contributed by atoms with Gasteiger partial charge in [-0.3, -0.25) is 9.69 Å². The first-order valence-corrected chi connectivity index (χ1v) is 9.87. The standard InChI is InChI=1S/C18H23N5O2S/c24-18(15-14-26-17(20-15)13-21-9-11-25-12-10-21)23-7-5-22(6-8-23)16-3-1-2-4-19-16/h1-4,14H,5-13H2. The van der Waals surface area contributed by atoms with Crippen LogP contribution in [-0.4, -0.2) is 78.2 Å². The number of thiazole rings is 1. The fourth-order valence-electron chi connectivity index (χ4n) is 3.27. The van der Waals surface area contributed by atoms with E-state index >= 15 is 0 Å². The minimum absolute atomic E-state index is 0.0372. The summed E-state index contributed by atoms with van der Waals surface area (Å²) in [6, 6.07) is 5.92. The molecule has 0 aliphatic carbocycles. The molecule has 0 aromatic carbocycles. The smallest absolute Gasteiger partial charge is 0.273 e. The Kier molecular flexibility index (Phi) is 5.42. The normalized spacial score (nSPS) is 18.9. The lowest BCUT2D eigenvalue weighted by atomic mass is 10.2. The Labute approximate surface area is 157 Å². The lowest BCUT2D eigenvalue weighted by Gasteiger charge is -2.35. The van der Waals surface area contributed by atoms with Crippen LogP contribution in [-0.2, 0) is 11.3 Å². The maximum absolute atomic E-state index is 12.8. The second kappa shape index (κ2) is 8.11. The van der Waals surface area contributed by atoms with Gasteiger partial charge in [0.1, 0.15) is 16.5 Å². The van der Waals surface area contributed by atoms with Crippen LogP contribution in [0.25, 0.3) is 0 Å². The van der Waals surface area contributed by atoms with Gasteiger partial charge in [0.2, 0.25) is 0 Å². The molecule has 0 radical (unpaired) electrons. The molecule has 2 saturated heterocycles. The lowest BCUT2D eigenvalue weighted by molar-refractivity contribution is 0.0341. The van der Waals surface area contributed by atoms with E-state index in [1.54, 1.807) is 17.5 Å². The monoisotopic (exact) mass is 373 g/mol. The van der Waals surface area contributed by atoms with Gasteiger partial charge in [0.25, 0.3) is 5.91 Å². The number of piperazine rings is 1. The molecule has 0 spiro atoms. The molecule has 2 aromatic rings. The molecule has 0 bridgehead atoms. The average molecular weight is 373 g/mol. The minimum atomic E-state index is 0.0372. The van der Waals surface area contributed by atoms with Crippen molar-refractivity contribution < 1.29 is 9.53 Å². The van der Waals surface area contributed by atoms with Gasteiger partial charge in [-0.2, -0.15) is 0 Å². The van der Waals surface area contributed by atoms with Crippen molar-refractivity contribution in [1.29, 1.82) is 0 Å². The van der Waals surface area contributed by atoms with Gasteiger partial charge in [0, 0.05) is 50.8 Å².